The van der Waals surface area contributed by atoms with Crippen molar-refractivity contribution in [3.8, 4) is 0 Å². The molecule has 0 aliphatic carbocycles. The van der Waals surface area contributed by atoms with Crippen molar-refractivity contribution in [1.82, 2.24) is 15.2 Å². The monoisotopic (exact) mass is 302 g/mol. The van der Waals surface area contributed by atoms with Gasteiger partial charge in [0.15, 0.2) is 0 Å². The van der Waals surface area contributed by atoms with Gasteiger partial charge in [0, 0.05) is 32.4 Å². The first kappa shape index (κ1) is 14.2. The summed E-state index contributed by atoms with van der Waals surface area (Å²) in [6.45, 7) is 2.79. The van der Waals surface area contributed by atoms with Crippen molar-refractivity contribution < 1.29 is 4.79 Å². The fourth-order valence-corrected chi connectivity index (χ4v) is 2.37. The van der Waals surface area contributed by atoms with Crippen molar-refractivity contribution >= 4 is 35.1 Å². The summed E-state index contributed by atoms with van der Waals surface area (Å²) >= 11 is 11.7. The van der Waals surface area contributed by atoms with E-state index in [4.69, 9.17) is 23.2 Å². The smallest absolute Gasteiger partial charge is 0.317 e. The second-order valence-corrected chi connectivity index (χ2v) is 5.18. The number of amides is 2. The van der Waals surface area contributed by atoms with Crippen molar-refractivity contribution in [3.05, 3.63) is 22.3 Å². The van der Waals surface area contributed by atoms with Crippen LogP contribution in [-0.4, -0.2) is 42.1 Å². The first-order chi connectivity index (χ1) is 9.16. The molecule has 2 heterocycles. The van der Waals surface area contributed by atoms with Gasteiger partial charge in [-0.1, -0.05) is 23.2 Å². The van der Waals surface area contributed by atoms with E-state index in [0.29, 0.717) is 29.0 Å². The largest absolute Gasteiger partial charge is 0.367 e. The van der Waals surface area contributed by atoms with Gasteiger partial charge >= 0.3 is 6.03 Å². The number of carbonyl (C=O) groups is 1. The highest BCUT2D eigenvalue weighted by molar-refractivity contribution is 6.35. The Hall–Kier alpha value is -1.20. The molecule has 1 aliphatic rings. The van der Waals surface area contributed by atoms with Crippen LogP contribution in [0.4, 0.5) is 10.6 Å². The molecule has 19 heavy (non-hydrogen) atoms. The Bertz CT molecular complexity index is 449. The molecule has 0 spiro atoms. The highest BCUT2D eigenvalue weighted by atomic mass is 35.5. The third-order valence-electron chi connectivity index (χ3n) is 2.89. The summed E-state index contributed by atoms with van der Waals surface area (Å²) in [5, 5.41) is 6.87. The Morgan fingerprint density at radius 2 is 2.05 bits per heavy atom. The molecule has 0 atom stereocenters. The van der Waals surface area contributed by atoms with Crippen LogP contribution in [0.2, 0.25) is 10.0 Å². The Morgan fingerprint density at radius 1 is 1.32 bits per heavy atom. The predicted molar refractivity (Wildman–Crippen MR) is 77.0 cm³/mol. The zero-order valence-corrected chi connectivity index (χ0v) is 12.0. The first-order valence-corrected chi connectivity index (χ1v) is 7.00. The van der Waals surface area contributed by atoms with Crippen molar-refractivity contribution in [2.75, 3.05) is 31.5 Å². The molecule has 1 aromatic rings. The van der Waals surface area contributed by atoms with Gasteiger partial charge in [0.25, 0.3) is 0 Å². The summed E-state index contributed by atoms with van der Waals surface area (Å²) in [5.74, 6) is 0.571. The lowest BCUT2D eigenvalue weighted by Gasteiger charge is -2.16. The Balaban J connectivity index is 1.70. The summed E-state index contributed by atoms with van der Waals surface area (Å²) < 4.78 is 0. The van der Waals surface area contributed by atoms with E-state index >= 15 is 0 Å². The van der Waals surface area contributed by atoms with Crippen molar-refractivity contribution in [3.63, 3.8) is 0 Å². The molecule has 7 heteroatoms. The molecule has 0 unspecified atom stereocenters. The molecule has 2 rings (SSSR count). The molecule has 1 aromatic heterocycles. The summed E-state index contributed by atoms with van der Waals surface area (Å²) in [5.41, 5.74) is 0. The van der Waals surface area contributed by atoms with E-state index in [1.54, 1.807) is 6.07 Å². The van der Waals surface area contributed by atoms with E-state index in [9.17, 15) is 4.79 Å². The van der Waals surface area contributed by atoms with Crippen LogP contribution in [-0.2, 0) is 0 Å². The minimum absolute atomic E-state index is 0.00513. The number of carbonyl (C=O) groups excluding carboxylic acids is 1. The molecule has 1 aliphatic heterocycles. The number of likely N-dealkylation sites (tertiary alicyclic amines) is 1. The lowest BCUT2D eigenvalue weighted by Crippen LogP contribution is -2.39. The number of rotatable bonds is 4. The van der Waals surface area contributed by atoms with Gasteiger partial charge < -0.3 is 15.5 Å². The predicted octanol–water partition coefficient (Wildman–Crippen LogP) is 2.61. The third-order valence-corrected chi connectivity index (χ3v) is 3.39. The van der Waals surface area contributed by atoms with Crippen LogP contribution >= 0.6 is 23.2 Å². The van der Waals surface area contributed by atoms with Gasteiger partial charge in [-0.15, -0.1) is 0 Å². The minimum Gasteiger partial charge on any atom is -0.367 e. The molecule has 1 saturated heterocycles. The maximum Gasteiger partial charge on any atom is 0.317 e. The van der Waals surface area contributed by atoms with Crippen molar-refractivity contribution in [1.29, 1.82) is 0 Å². The molecule has 104 valence electrons. The number of hydrogen-bond donors (Lipinski definition) is 2. The number of halogens is 2. The molecule has 1 fully saturated rings. The standard InChI is InChI=1S/C12H16Cl2N4O/c13-9-7-10(14)11(17-8-9)15-3-4-16-12(19)18-5-1-2-6-18/h7-8H,1-6H2,(H,15,17)(H,16,19). The maximum atomic E-state index is 11.7. The minimum atomic E-state index is -0.00513. The van der Waals surface area contributed by atoms with E-state index in [2.05, 4.69) is 15.6 Å². The normalized spacial score (nSPS) is 14.5. The number of urea groups is 1. The van der Waals surface area contributed by atoms with Gasteiger partial charge in [-0.05, 0) is 18.9 Å². The zero-order valence-electron chi connectivity index (χ0n) is 10.5. The van der Waals surface area contributed by atoms with Crippen LogP contribution < -0.4 is 10.6 Å². The Morgan fingerprint density at radius 3 is 2.74 bits per heavy atom. The molecule has 0 saturated carbocycles. The van der Waals surface area contributed by atoms with Crippen LogP contribution in [0, 0.1) is 0 Å². The molecular formula is C12H16Cl2N4O. The number of nitrogens with zero attached hydrogens (tertiary/aromatic N) is 2. The average Bonchev–Trinajstić information content (AvgIpc) is 2.90. The van der Waals surface area contributed by atoms with Crippen LogP contribution in [0.5, 0.6) is 0 Å². The average molecular weight is 303 g/mol. The number of pyridine rings is 1. The quantitative estimate of drug-likeness (QED) is 0.841. The second-order valence-electron chi connectivity index (χ2n) is 4.34. The Kier molecular flexibility index (Phi) is 5.10. The molecule has 0 radical (unpaired) electrons. The van der Waals surface area contributed by atoms with E-state index in [-0.39, 0.29) is 6.03 Å². The van der Waals surface area contributed by atoms with Crippen molar-refractivity contribution in [2.24, 2.45) is 0 Å². The van der Waals surface area contributed by atoms with E-state index in [1.807, 2.05) is 4.90 Å². The lowest BCUT2D eigenvalue weighted by molar-refractivity contribution is 0.209. The molecule has 2 N–H and O–H groups in total. The van der Waals surface area contributed by atoms with Crippen LogP contribution in [0.3, 0.4) is 0 Å². The fraction of sp³-hybridized carbons (Fsp3) is 0.500. The molecular weight excluding hydrogens is 287 g/mol. The third kappa shape index (κ3) is 4.14. The summed E-state index contributed by atoms with van der Waals surface area (Å²) in [6.07, 6.45) is 3.71. The topological polar surface area (TPSA) is 57.3 Å². The Labute approximate surface area is 122 Å². The van der Waals surface area contributed by atoms with Gasteiger partial charge in [0.1, 0.15) is 5.82 Å². The molecule has 2 amide bonds. The summed E-state index contributed by atoms with van der Waals surface area (Å²) in [4.78, 5) is 17.6. The summed E-state index contributed by atoms with van der Waals surface area (Å²) in [7, 11) is 0. The van der Waals surface area contributed by atoms with Gasteiger partial charge in [0.2, 0.25) is 0 Å². The molecule has 0 aromatic carbocycles. The van der Waals surface area contributed by atoms with E-state index in [1.165, 1.54) is 6.20 Å². The highest BCUT2D eigenvalue weighted by Gasteiger charge is 2.16. The highest BCUT2D eigenvalue weighted by Crippen LogP contribution is 2.21. The van der Waals surface area contributed by atoms with Gasteiger partial charge in [0.05, 0.1) is 10.0 Å². The van der Waals surface area contributed by atoms with E-state index < -0.39 is 0 Å². The number of hydrogen-bond acceptors (Lipinski definition) is 3. The maximum absolute atomic E-state index is 11.7. The lowest BCUT2D eigenvalue weighted by atomic mass is 10.4. The fourth-order valence-electron chi connectivity index (χ4n) is 1.93. The second kappa shape index (κ2) is 6.82. The van der Waals surface area contributed by atoms with Gasteiger partial charge in [-0.3, -0.25) is 0 Å². The van der Waals surface area contributed by atoms with Gasteiger partial charge in [-0.25, -0.2) is 9.78 Å². The SMILES string of the molecule is O=C(NCCNc1ncc(Cl)cc1Cl)N1CCCC1. The van der Waals surface area contributed by atoms with Gasteiger partial charge in [-0.2, -0.15) is 0 Å². The van der Waals surface area contributed by atoms with Crippen molar-refractivity contribution in [2.45, 2.75) is 12.8 Å². The summed E-state index contributed by atoms with van der Waals surface area (Å²) in [6, 6.07) is 1.62. The number of aromatic nitrogens is 1. The zero-order chi connectivity index (χ0) is 13.7. The number of anilines is 1. The molecule has 0 bridgehead atoms. The van der Waals surface area contributed by atoms with E-state index in [0.717, 1.165) is 25.9 Å². The molecule has 5 nitrogen and oxygen atoms in total. The first-order valence-electron chi connectivity index (χ1n) is 6.24. The van der Waals surface area contributed by atoms with Crippen LogP contribution in [0.1, 0.15) is 12.8 Å². The van der Waals surface area contributed by atoms with Crippen LogP contribution in [0.25, 0.3) is 0 Å². The van der Waals surface area contributed by atoms with Crippen LogP contribution in [0.15, 0.2) is 12.3 Å². The number of nitrogens with one attached hydrogen (secondary N) is 2.